The Morgan fingerprint density at radius 1 is 1.21 bits per heavy atom. The van der Waals surface area contributed by atoms with E-state index in [2.05, 4.69) is 10.2 Å². The van der Waals surface area contributed by atoms with Crippen LogP contribution in [0.25, 0.3) is 27.5 Å². The van der Waals surface area contributed by atoms with Crippen molar-refractivity contribution in [1.82, 2.24) is 14.8 Å². The maximum absolute atomic E-state index is 15.7. The lowest BCUT2D eigenvalue weighted by Crippen LogP contribution is -2.31. The van der Waals surface area contributed by atoms with Crippen molar-refractivity contribution in [3.05, 3.63) is 59.4 Å². The number of H-pyrrole nitrogens is 1. The van der Waals surface area contributed by atoms with Gasteiger partial charge in [0.2, 0.25) is 0 Å². The van der Waals surface area contributed by atoms with Crippen LogP contribution in [0.15, 0.2) is 36.5 Å². The van der Waals surface area contributed by atoms with Gasteiger partial charge < -0.3 is 14.4 Å². The number of fused-ring (bicyclic) bond motifs is 2. The first kappa shape index (κ1) is 22.8. The van der Waals surface area contributed by atoms with Gasteiger partial charge in [0.05, 0.1) is 23.9 Å². The number of aromatic amines is 1. The van der Waals surface area contributed by atoms with Crippen molar-refractivity contribution in [3.8, 4) is 5.69 Å². The van der Waals surface area contributed by atoms with Crippen LogP contribution in [0.2, 0.25) is 0 Å². The number of aromatic nitrogens is 3. The normalized spacial score (nSPS) is 12.7. The zero-order valence-electron chi connectivity index (χ0n) is 18.0. The molecule has 0 aliphatic rings. The number of carboxylic acid groups (broad SMARTS) is 1. The van der Waals surface area contributed by atoms with Crippen molar-refractivity contribution in [2.75, 3.05) is 13.7 Å². The summed E-state index contributed by atoms with van der Waals surface area (Å²) in [5, 5.41) is 15.4. The van der Waals surface area contributed by atoms with Crippen LogP contribution in [0, 0.1) is 11.6 Å². The molecule has 0 spiro atoms. The topological polar surface area (TPSA) is 80.1 Å². The minimum absolute atomic E-state index is 0.0261. The zero-order chi connectivity index (χ0) is 24.1. The molecular weight excluding hydrogens is 442 g/mol. The number of hydrogen-bond acceptors (Lipinski definition) is 3. The maximum Gasteiger partial charge on any atom is 0.309 e. The number of alkyl halides is 2. The molecule has 6 nitrogen and oxygen atoms in total. The van der Waals surface area contributed by atoms with Crippen LogP contribution in [0.4, 0.5) is 17.6 Å². The zero-order valence-corrected chi connectivity index (χ0v) is 18.0. The number of halogens is 4. The number of methoxy groups -OCH3 is 1. The maximum atomic E-state index is 15.7. The number of carboxylic acids is 1. The van der Waals surface area contributed by atoms with Gasteiger partial charge in [0, 0.05) is 34.7 Å². The molecule has 0 amide bonds. The summed E-state index contributed by atoms with van der Waals surface area (Å²) in [7, 11) is 1.40. The second-order valence-electron chi connectivity index (χ2n) is 8.55. The molecule has 174 valence electrons. The molecule has 0 radical (unpaired) electrons. The van der Waals surface area contributed by atoms with E-state index in [1.165, 1.54) is 36.1 Å². The first-order valence-electron chi connectivity index (χ1n) is 10.0. The Labute approximate surface area is 185 Å². The van der Waals surface area contributed by atoms with Crippen molar-refractivity contribution in [3.63, 3.8) is 0 Å². The van der Waals surface area contributed by atoms with Crippen LogP contribution < -0.4 is 0 Å². The van der Waals surface area contributed by atoms with E-state index in [1.807, 2.05) is 0 Å². The quantitative estimate of drug-likeness (QED) is 0.366. The summed E-state index contributed by atoms with van der Waals surface area (Å²) >= 11 is 0. The van der Waals surface area contributed by atoms with Crippen LogP contribution in [-0.4, -0.2) is 39.6 Å². The summed E-state index contributed by atoms with van der Waals surface area (Å²) in [5.74, 6) is -7.17. The fourth-order valence-electron chi connectivity index (χ4n) is 4.37. The van der Waals surface area contributed by atoms with E-state index in [0.717, 1.165) is 12.1 Å². The van der Waals surface area contributed by atoms with E-state index in [-0.39, 0.29) is 23.3 Å². The van der Waals surface area contributed by atoms with Crippen LogP contribution >= 0.6 is 0 Å². The summed E-state index contributed by atoms with van der Waals surface area (Å²) in [6.07, 6.45) is -0.180. The van der Waals surface area contributed by atoms with Gasteiger partial charge in [0.1, 0.15) is 17.8 Å². The Bertz CT molecular complexity index is 1360. The Hall–Kier alpha value is -3.40. The summed E-state index contributed by atoms with van der Waals surface area (Å²) in [5.41, 5.74) is -1.59. The molecule has 4 rings (SSSR count). The molecule has 0 aliphatic carbocycles. The third kappa shape index (κ3) is 3.74. The van der Waals surface area contributed by atoms with Crippen LogP contribution in [0.3, 0.4) is 0 Å². The SMILES string of the molecule is COCC(C)(C)c1c(C(F)(F)CC(=O)O)c2c(F)c3[nH]ncc3cc2n1-c1ccc(F)cc1. The monoisotopic (exact) mass is 463 g/mol. The standard InChI is InChI=1S/C23H21F4N3O3/c1-22(2,11-33-3)21-18(23(26,27)9-16(31)32)17-15(8-12-10-28-29-20(12)19(17)25)30(21)14-6-4-13(24)5-7-14/h4-8,10H,9,11H2,1-3H3,(H,28,29)(H,31,32). The molecule has 0 bridgehead atoms. The lowest BCUT2D eigenvalue weighted by Gasteiger charge is -2.30. The molecule has 10 heteroatoms. The summed E-state index contributed by atoms with van der Waals surface area (Å²) in [6, 6.07) is 6.59. The molecule has 0 aliphatic heterocycles. The van der Waals surface area contributed by atoms with Gasteiger partial charge in [-0.1, -0.05) is 13.8 Å². The Morgan fingerprint density at radius 3 is 2.48 bits per heavy atom. The lowest BCUT2D eigenvalue weighted by atomic mass is 9.84. The highest BCUT2D eigenvalue weighted by molar-refractivity contribution is 6.00. The van der Waals surface area contributed by atoms with E-state index in [4.69, 9.17) is 4.74 Å². The van der Waals surface area contributed by atoms with Gasteiger partial charge in [0.25, 0.3) is 5.92 Å². The fraction of sp³-hybridized carbons (Fsp3) is 0.304. The van der Waals surface area contributed by atoms with Gasteiger partial charge >= 0.3 is 5.97 Å². The average Bonchev–Trinajstić information content (AvgIpc) is 3.31. The fourth-order valence-corrected chi connectivity index (χ4v) is 4.37. The summed E-state index contributed by atoms with van der Waals surface area (Å²) in [6.45, 7) is 3.24. The molecule has 4 aromatic rings. The minimum Gasteiger partial charge on any atom is -0.481 e. The van der Waals surface area contributed by atoms with Gasteiger partial charge in [0.15, 0.2) is 5.82 Å². The number of benzene rings is 2. The van der Waals surface area contributed by atoms with Crippen LogP contribution in [0.1, 0.15) is 31.5 Å². The van der Waals surface area contributed by atoms with E-state index in [1.54, 1.807) is 13.8 Å². The largest absolute Gasteiger partial charge is 0.481 e. The molecule has 0 fully saturated rings. The predicted octanol–water partition coefficient (Wildman–Crippen LogP) is 5.28. The number of ether oxygens (including phenoxy) is 1. The smallest absolute Gasteiger partial charge is 0.309 e. The Kier molecular flexibility index (Phi) is 5.44. The second-order valence-corrected chi connectivity index (χ2v) is 8.55. The van der Waals surface area contributed by atoms with Gasteiger partial charge in [-0.25, -0.2) is 17.6 Å². The highest BCUT2D eigenvalue weighted by atomic mass is 19.3. The number of hydrogen-bond donors (Lipinski definition) is 2. The van der Waals surface area contributed by atoms with Crippen molar-refractivity contribution in [2.24, 2.45) is 0 Å². The Morgan fingerprint density at radius 2 is 1.88 bits per heavy atom. The molecule has 0 atom stereocenters. The van der Waals surface area contributed by atoms with Crippen molar-refractivity contribution < 1.29 is 32.2 Å². The number of aliphatic carboxylic acids is 1. The van der Waals surface area contributed by atoms with E-state index in [9.17, 15) is 14.3 Å². The number of carbonyl (C=O) groups is 1. The van der Waals surface area contributed by atoms with Gasteiger partial charge in [-0.05, 0) is 30.3 Å². The predicted molar refractivity (Wildman–Crippen MR) is 114 cm³/mol. The lowest BCUT2D eigenvalue weighted by molar-refractivity contribution is -0.145. The van der Waals surface area contributed by atoms with E-state index >= 15 is 13.2 Å². The van der Waals surface area contributed by atoms with Crippen molar-refractivity contribution >= 4 is 27.8 Å². The van der Waals surface area contributed by atoms with E-state index < -0.39 is 46.3 Å². The third-order valence-corrected chi connectivity index (χ3v) is 5.58. The first-order valence-corrected chi connectivity index (χ1v) is 10.0. The van der Waals surface area contributed by atoms with Crippen LogP contribution in [0.5, 0.6) is 0 Å². The highest BCUT2D eigenvalue weighted by Crippen LogP contribution is 2.48. The van der Waals surface area contributed by atoms with E-state index in [0.29, 0.717) is 11.1 Å². The van der Waals surface area contributed by atoms with Crippen molar-refractivity contribution in [1.29, 1.82) is 0 Å². The second kappa shape index (κ2) is 7.87. The van der Waals surface area contributed by atoms with Gasteiger partial charge in [-0.15, -0.1) is 0 Å². The van der Waals surface area contributed by atoms with Gasteiger partial charge in [-0.2, -0.15) is 5.10 Å². The minimum atomic E-state index is -3.93. The molecule has 2 aromatic heterocycles. The summed E-state index contributed by atoms with van der Waals surface area (Å²) in [4.78, 5) is 11.3. The molecule has 2 heterocycles. The molecule has 0 unspecified atom stereocenters. The van der Waals surface area contributed by atoms with Crippen LogP contribution in [-0.2, 0) is 20.9 Å². The molecule has 0 saturated heterocycles. The average molecular weight is 463 g/mol. The number of nitrogens with zero attached hydrogens (tertiary/aromatic N) is 2. The third-order valence-electron chi connectivity index (χ3n) is 5.58. The number of rotatable bonds is 7. The first-order chi connectivity index (χ1) is 15.5. The molecular formula is C23H21F4N3O3. The number of nitrogens with one attached hydrogen (secondary N) is 1. The molecule has 0 saturated carbocycles. The Balaban J connectivity index is 2.26. The highest BCUT2D eigenvalue weighted by Gasteiger charge is 2.45. The molecule has 2 N–H and O–H groups in total. The van der Waals surface area contributed by atoms with Crippen molar-refractivity contribution in [2.45, 2.75) is 31.6 Å². The summed E-state index contributed by atoms with van der Waals surface area (Å²) < 4.78 is 67.2. The van der Waals surface area contributed by atoms with Gasteiger partial charge in [-0.3, -0.25) is 9.89 Å². The molecule has 33 heavy (non-hydrogen) atoms. The molecule has 2 aromatic carbocycles.